The van der Waals surface area contributed by atoms with Gasteiger partial charge in [0.2, 0.25) is 0 Å². The van der Waals surface area contributed by atoms with Gasteiger partial charge >= 0.3 is 0 Å². The number of nitrogens with one attached hydrogen (secondary N) is 1. The lowest BCUT2D eigenvalue weighted by molar-refractivity contribution is 0.164. The lowest BCUT2D eigenvalue weighted by Crippen LogP contribution is -2.43. The van der Waals surface area contributed by atoms with E-state index in [0.29, 0.717) is 5.82 Å². The van der Waals surface area contributed by atoms with Gasteiger partial charge in [0, 0.05) is 25.3 Å². The van der Waals surface area contributed by atoms with Gasteiger partial charge in [0.25, 0.3) is 10.0 Å². The van der Waals surface area contributed by atoms with E-state index in [1.165, 1.54) is 13.1 Å². The normalized spacial score (nSPS) is 15.4. The zero-order chi connectivity index (χ0) is 14.6. The summed E-state index contributed by atoms with van der Waals surface area (Å²) in [6.07, 6.45) is 1.63. The molecule has 0 aromatic carbocycles. The molecule has 110 valence electrons. The number of aliphatic hydroxyl groups is 1. The minimum Gasteiger partial charge on any atom is -0.392 e. The average molecular weight is 290 g/mol. The number of aromatic nitrogens is 2. The molecular formula is C11H22N4O3S. The van der Waals surface area contributed by atoms with E-state index in [9.17, 15) is 13.5 Å². The van der Waals surface area contributed by atoms with Crippen LogP contribution < -0.4 is 10.5 Å². The highest BCUT2D eigenvalue weighted by Crippen LogP contribution is 2.09. The molecule has 1 aromatic rings. The third-order valence-corrected chi connectivity index (χ3v) is 4.12. The van der Waals surface area contributed by atoms with Crippen LogP contribution in [0.25, 0.3) is 0 Å². The van der Waals surface area contributed by atoms with Gasteiger partial charge in [-0.25, -0.2) is 18.1 Å². The minimum absolute atomic E-state index is 0.0174. The fraction of sp³-hybridized carbons (Fsp3) is 0.727. The number of aliphatic hydroxyl groups excluding tert-OH is 1. The molecule has 0 aliphatic rings. The third-order valence-electron chi connectivity index (χ3n) is 2.82. The fourth-order valence-electron chi connectivity index (χ4n) is 1.53. The maximum atomic E-state index is 12.0. The molecule has 1 aromatic heterocycles. The van der Waals surface area contributed by atoms with E-state index in [1.807, 2.05) is 6.92 Å². The van der Waals surface area contributed by atoms with Crippen LogP contribution in [0.4, 0.5) is 0 Å². The highest BCUT2D eigenvalue weighted by molar-refractivity contribution is 7.89. The molecule has 4 N–H and O–H groups in total. The van der Waals surface area contributed by atoms with Crippen molar-refractivity contribution in [3.8, 4) is 0 Å². The van der Waals surface area contributed by atoms with Crippen molar-refractivity contribution in [1.29, 1.82) is 0 Å². The predicted octanol–water partition coefficient (Wildman–Crippen LogP) is -0.412. The smallest absolute Gasteiger partial charge is 0.259 e. The first-order valence-electron chi connectivity index (χ1n) is 6.25. The van der Waals surface area contributed by atoms with Gasteiger partial charge in [0.15, 0.2) is 5.03 Å². The molecule has 0 saturated heterocycles. The van der Waals surface area contributed by atoms with Gasteiger partial charge in [0.05, 0.1) is 6.10 Å². The molecule has 0 aliphatic carbocycles. The molecule has 19 heavy (non-hydrogen) atoms. The lowest BCUT2D eigenvalue weighted by Gasteiger charge is -2.14. The third kappa shape index (κ3) is 4.27. The molecule has 1 heterocycles. The van der Waals surface area contributed by atoms with Crippen LogP contribution in [0.1, 0.15) is 26.1 Å². The molecule has 2 unspecified atom stereocenters. The van der Waals surface area contributed by atoms with Crippen LogP contribution in [0.3, 0.4) is 0 Å². The Morgan fingerprint density at radius 2 is 2.21 bits per heavy atom. The summed E-state index contributed by atoms with van der Waals surface area (Å²) in [5.74, 6) is 0.655. The molecule has 0 aliphatic heterocycles. The monoisotopic (exact) mass is 290 g/mol. The predicted molar refractivity (Wildman–Crippen MR) is 72.1 cm³/mol. The van der Waals surface area contributed by atoms with Crippen LogP contribution in [0.5, 0.6) is 0 Å². The van der Waals surface area contributed by atoms with Crippen LogP contribution >= 0.6 is 0 Å². The van der Waals surface area contributed by atoms with E-state index in [0.717, 1.165) is 13.0 Å². The van der Waals surface area contributed by atoms with Gasteiger partial charge in [-0.15, -0.1) is 0 Å². The lowest BCUT2D eigenvalue weighted by atomic mass is 10.2. The van der Waals surface area contributed by atoms with Crippen LogP contribution in [-0.2, 0) is 16.6 Å². The second-order valence-electron chi connectivity index (χ2n) is 4.58. The zero-order valence-corrected chi connectivity index (χ0v) is 12.3. The van der Waals surface area contributed by atoms with Crippen molar-refractivity contribution < 1.29 is 13.5 Å². The van der Waals surface area contributed by atoms with E-state index in [-0.39, 0.29) is 11.6 Å². The quantitative estimate of drug-likeness (QED) is 0.632. The summed E-state index contributed by atoms with van der Waals surface area (Å²) in [6.45, 7) is 5.98. The summed E-state index contributed by atoms with van der Waals surface area (Å²) < 4.78 is 28.2. The Kier molecular flexibility index (Phi) is 5.48. The second kappa shape index (κ2) is 6.47. The van der Waals surface area contributed by atoms with Gasteiger partial charge in [-0.2, -0.15) is 0 Å². The van der Waals surface area contributed by atoms with Crippen molar-refractivity contribution in [2.24, 2.45) is 5.73 Å². The van der Waals surface area contributed by atoms with Crippen LogP contribution in [-0.4, -0.2) is 41.8 Å². The van der Waals surface area contributed by atoms with Crippen molar-refractivity contribution in [3.63, 3.8) is 0 Å². The van der Waals surface area contributed by atoms with Crippen molar-refractivity contribution in [1.82, 2.24) is 14.3 Å². The number of hydrogen-bond donors (Lipinski definition) is 3. The highest BCUT2D eigenvalue weighted by Gasteiger charge is 2.20. The Morgan fingerprint density at radius 3 is 2.74 bits per heavy atom. The number of imidazole rings is 1. The number of nitrogens with two attached hydrogens (primary N) is 1. The number of rotatable bonds is 7. The largest absolute Gasteiger partial charge is 0.392 e. The molecule has 1 rings (SSSR count). The second-order valence-corrected chi connectivity index (χ2v) is 6.29. The van der Waals surface area contributed by atoms with E-state index in [4.69, 9.17) is 5.73 Å². The van der Waals surface area contributed by atoms with Gasteiger partial charge in [-0.3, -0.25) is 0 Å². The van der Waals surface area contributed by atoms with E-state index in [2.05, 4.69) is 9.71 Å². The Hall–Kier alpha value is -0.960. The Balaban J connectivity index is 2.80. The maximum Gasteiger partial charge on any atom is 0.259 e. The number of nitrogens with zero attached hydrogens (tertiary/aromatic N) is 2. The van der Waals surface area contributed by atoms with Crippen molar-refractivity contribution in [2.75, 3.05) is 6.54 Å². The van der Waals surface area contributed by atoms with Crippen LogP contribution in [0.15, 0.2) is 11.2 Å². The van der Waals surface area contributed by atoms with Crippen molar-refractivity contribution >= 4 is 10.0 Å². The van der Waals surface area contributed by atoms with E-state index in [1.54, 1.807) is 11.5 Å². The summed E-state index contributed by atoms with van der Waals surface area (Å²) in [4.78, 5) is 4.03. The molecule has 2 atom stereocenters. The van der Waals surface area contributed by atoms with Crippen LogP contribution in [0, 0.1) is 6.92 Å². The summed E-state index contributed by atoms with van der Waals surface area (Å²) in [5, 5.41) is 9.21. The first-order chi connectivity index (χ1) is 8.77. The zero-order valence-electron chi connectivity index (χ0n) is 11.5. The maximum absolute atomic E-state index is 12.0. The Morgan fingerprint density at radius 1 is 1.58 bits per heavy atom. The number of sulfonamides is 1. The summed E-state index contributed by atoms with van der Waals surface area (Å²) >= 11 is 0. The molecule has 0 spiro atoms. The number of aryl methyl sites for hydroxylation is 2. The minimum atomic E-state index is -3.68. The molecule has 0 radical (unpaired) electrons. The summed E-state index contributed by atoms with van der Waals surface area (Å²) in [6, 6.07) is -0.645. The highest BCUT2D eigenvalue weighted by atomic mass is 32.2. The van der Waals surface area contributed by atoms with Crippen LogP contribution in [0.2, 0.25) is 0 Å². The summed E-state index contributed by atoms with van der Waals surface area (Å²) in [7, 11) is -3.68. The Bertz CT molecular complexity index is 510. The molecule has 7 nitrogen and oxygen atoms in total. The average Bonchev–Trinajstić information content (AvgIpc) is 2.69. The molecule has 0 fully saturated rings. The first-order valence-corrected chi connectivity index (χ1v) is 7.73. The van der Waals surface area contributed by atoms with Crippen molar-refractivity contribution in [3.05, 3.63) is 12.0 Å². The van der Waals surface area contributed by atoms with Gasteiger partial charge < -0.3 is 15.4 Å². The van der Waals surface area contributed by atoms with Crippen molar-refractivity contribution in [2.45, 2.75) is 50.9 Å². The standard InChI is InChI=1S/C11H22N4O3S/c1-4-5-15-7-11(14-9(15)3)19(17,18)13-6-10(12)8(2)16/h7-8,10,13,16H,4-6,12H2,1-3H3. The first kappa shape index (κ1) is 16.1. The Labute approximate surface area is 113 Å². The number of hydrogen-bond acceptors (Lipinski definition) is 5. The van der Waals surface area contributed by atoms with E-state index < -0.39 is 22.2 Å². The molecule has 8 heteroatoms. The molecule has 0 bridgehead atoms. The molecule has 0 amide bonds. The van der Waals surface area contributed by atoms with E-state index >= 15 is 0 Å². The SMILES string of the molecule is CCCn1cc(S(=O)(=O)NCC(N)C(C)O)nc1C. The van der Waals surface area contributed by atoms with Gasteiger partial charge in [-0.05, 0) is 20.3 Å². The summed E-state index contributed by atoms with van der Waals surface area (Å²) in [5.41, 5.74) is 5.58. The molecular weight excluding hydrogens is 268 g/mol. The van der Waals surface area contributed by atoms with Gasteiger partial charge in [0.1, 0.15) is 5.82 Å². The molecule has 0 saturated carbocycles. The topological polar surface area (TPSA) is 110 Å². The van der Waals surface area contributed by atoms with Gasteiger partial charge in [-0.1, -0.05) is 6.92 Å². The fourth-order valence-corrected chi connectivity index (χ4v) is 2.60.